The quantitative estimate of drug-likeness (QED) is 0.189. The second kappa shape index (κ2) is 12.4. The van der Waals surface area contributed by atoms with Gasteiger partial charge in [0.1, 0.15) is 6.17 Å². The van der Waals surface area contributed by atoms with E-state index in [1.807, 2.05) is 18.5 Å². The molecule has 0 aliphatic carbocycles. The first-order valence-electron chi connectivity index (χ1n) is 16.0. The van der Waals surface area contributed by atoms with Crippen LogP contribution in [0.2, 0.25) is 0 Å². The molecule has 1 atom stereocenters. The van der Waals surface area contributed by atoms with E-state index in [9.17, 15) is 0 Å². The maximum Gasteiger partial charge on any atom is 0.147 e. The fourth-order valence-corrected chi connectivity index (χ4v) is 6.50. The predicted octanol–water partition coefficient (Wildman–Crippen LogP) is 10.7. The number of hydrogen-bond donors (Lipinski definition) is 0. The van der Waals surface area contributed by atoms with E-state index in [2.05, 4.69) is 175 Å². The zero-order valence-corrected chi connectivity index (χ0v) is 26.2. The first-order chi connectivity index (χ1) is 23.2. The van der Waals surface area contributed by atoms with Crippen molar-refractivity contribution in [1.82, 2.24) is 9.88 Å². The Bertz CT molecular complexity index is 2210. The number of allylic oxidation sites excluding steroid dienone is 1. The third-order valence-electron chi connectivity index (χ3n) is 9.05. The number of nitrogens with zero attached hydrogens (tertiary/aromatic N) is 3. The topological polar surface area (TPSA) is 28.5 Å². The lowest BCUT2D eigenvalue weighted by atomic mass is 9.95. The van der Waals surface area contributed by atoms with Crippen LogP contribution in [0.3, 0.4) is 0 Å². The number of benzene rings is 6. The third-order valence-corrected chi connectivity index (χ3v) is 9.05. The van der Waals surface area contributed by atoms with Gasteiger partial charge in [-0.3, -0.25) is 9.98 Å². The molecule has 0 amide bonds. The van der Waals surface area contributed by atoms with Gasteiger partial charge in [0.25, 0.3) is 0 Å². The third kappa shape index (κ3) is 5.64. The Kier molecular flexibility index (Phi) is 7.49. The van der Waals surface area contributed by atoms with Crippen molar-refractivity contribution in [1.29, 1.82) is 0 Å². The molecule has 0 saturated carbocycles. The minimum absolute atomic E-state index is 0.175. The molecule has 6 aromatic carbocycles. The Morgan fingerprint density at radius 2 is 1.09 bits per heavy atom. The van der Waals surface area contributed by atoms with Crippen LogP contribution in [0, 0.1) is 0 Å². The van der Waals surface area contributed by atoms with Gasteiger partial charge in [-0.1, -0.05) is 152 Å². The smallest absolute Gasteiger partial charge is 0.147 e. The van der Waals surface area contributed by atoms with Crippen molar-refractivity contribution in [2.45, 2.75) is 6.17 Å². The first-order valence-corrected chi connectivity index (χ1v) is 16.0. The molecule has 0 spiro atoms. The SMILES string of the molecule is CN1C(c2ccc(-c3cccnc3)cc2)=CC(c2ccc(-c3cccc4ccccc34)cc2)=NC1c1ccc(-c2ccccc2)cc1. The number of fused-ring (bicyclic) bond motifs is 1. The van der Waals surface area contributed by atoms with Crippen LogP contribution in [0.5, 0.6) is 0 Å². The molecule has 47 heavy (non-hydrogen) atoms. The average molecular weight is 604 g/mol. The summed E-state index contributed by atoms with van der Waals surface area (Å²) >= 11 is 0. The number of rotatable bonds is 6. The second-order valence-electron chi connectivity index (χ2n) is 11.9. The molecule has 0 saturated heterocycles. The summed E-state index contributed by atoms with van der Waals surface area (Å²) in [6.07, 6.45) is 5.76. The van der Waals surface area contributed by atoms with E-state index >= 15 is 0 Å². The van der Waals surface area contributed by atoms with Crippen molar-refractivity contribution in [2.24, 2.45) is 4.99 Å². The van der Waals surface area contributed by atoms with Gasteiger partial charge in [-0.05, 0) is 73.0 Å². The molecule has 224 valence electrons. The van der Waals surface area contributed by atoms with Crippen molar-refractivity contribution >= 4 is 22.2 Å². The fourth-order valence-electron chi connectivity index (χ4n) is 6.50. The van der Waals surface area contributed by atoms with Gasteiger partial charge in [0.05, 0.1) is 5.71 Å². The van der Waals surface area contributed by atoms with E-state index in [0.717, 1.165) is 39.2 Å². The van der Waals surface area contributed by atoms with Gasteiger partial charge in [-0.25, -0.2) is 0 Å². The molecule has 7 aromatic rings. The summed E-state index contributed by atoms with van der Waals surface area (Å²) < 4.78 is 0. The lowest BCUT2D eigenvalue weighted by Gasteiger charge is -2.34. The normalized spacial score (nSPS) is 14.5. The highest BCUT2D eigenvalue weighted by molar-refractivity contribution is 6.13. The van der Waals surface area contributed by atoms with Crippen molar-refractivity contribution in [3.63, 3.8) is 0 Å². The van der Waals surface area contributed by atoms with Crippen LogP contribution >= 0.6 is 0 Å². The zero-order valence-electron chi connectivity index (χ0n) is 26.2. The molecular formula is C44H33N3. The van der Waals surface area contributed by atoms with Crippen LogP contribution in [-0.4, -0.2) is 22.6 Å². The van der Waals surface area contributed by atoms with E-state index in [-0.39, 0.29) is 6.17 Å². The highest BCUT2D eigenvalue weighted by atomic mass is 15.2. The Morgan fingerprint density at radius 3 is 1.85 bits per heavy atom. The lowest BCUT2D eigenvalue weighted by molar-refractivity contribution is 0.364. The molecule has 0 fully saturated rings. The summed E-state index contributed by atoms with van der Waals surface area (Å²) in [6.45, 7) is 0. The van der Waals surface area contributed by atoms with Crippen LogP contribution in [0.1, 0.15) is 22.9 Å². The summed E-state index contributed by atoms with van der Waals surface area (Å²) in [4.78, 5) is 11.9. The molecule has 0 bridgehead atoms. The van der Waals surface area contributed by atoms with Crippen LogP contribution in [-0.2, 0) is 0 Å². The van der Waals surface area contributed by atoms with Crippen LogP contribution < -0.4 is 0 Å². The van der Waals surface area contributed by atoms with Crippen molar-refractivity contribution in [3.8, 4) is 33.4 Å². The summed E-state index contributed by atoms with van der Waals surface area (Å²) in [5.41, 5.74) is 12.6. The maximum atomic E-state index is 5.36. The first kappa shape index (κ1) is 28.4. The molecule has 8 rings (SSSR count). The summed E-state index contributed by atoms with van der Waals surface area (Å²) in [6, 6.07) is 56.1. The van der Waals surface area contributed by atoms with Crippen LogP contribution in [0.15, 0.2) is 181 Å². The van der Waals surface area contributed by atoms with E-state index in [0.29, 0.717) is 0 Å². The highest BCUT2D eigenvalue weighted by Crippen LogP contribution is 2.36. The Morgan fingerprint density at radius 1 is 0.489 bits per heavy atom. The lowest BCUT2D eigenvalue weighted by Crippen LogP contribution is -2.27. The Labute approximate surface area is 275 Å². The molecule has 1 aromatic heterocycles. The number of aliphatic imine (C=N–C) groups is 1. The minimum atomic E-state index is -0.175. The van der Waals surface area contributed by atoms with Crippen LogP contribution in [0.25, 0.3) is 49.9 Å². The Balaban J connectivity index is 1.18. The highest BCUT2D eigenvalue weighted by Gasteiger charge is 2.25. The van der Waals surface area contributed by atoms with Gasteiger partial charge < -0.3 is 4.90 Å². The van der Waals surface area contributed by atoms with E-state index < -0.39 is 0 Å². The standard InChI is InChI=1S/C44H33N3/c1-47-43(37-24-16-33(17-25-37)39-13-8-28-45-30-39)29-42(46-44(47)38-26-18-32(19-27-38)31-9-3-2-4-10-31)36-22-20-35(21-23-36)41-15-7-12-34-11-5-6-14-40(34)41/h2-30,44H,1H3. The molecule has 0 N–H and O–H groups in total. The second-order valence-corrected chi connectivity index (χ2v) is 11.9. The average Bonchev–Trinajstić information content (AvgIpc) is 3.16. The van der Waals surface area contributed by atoms with Gasteiger partial charge in [0.15, 0.2) is 0 Å². The number of hydrogen-bond acceptors (Lipinski definition) is 3. The number of aromatic nitrogens is 1. The molecule has 1 aliphatic rings. The van der Waals surface area contributed by atoms with Gasteiger partial charge in [-0.15, -0.1) is 0 Å². The monoisotopic (exact) mass is 603 g/mol. The fraction of sp³-hybridized carbons (Fsp3) is 0.0455. The summed E-state index contributed by atoms with van der Waals surface area (Å²) in [5, 5.41) is 2.51. The Hall–Kier alpha value is -6.06. The summed E-state index contributed by atoms with van der Waals surface area (Å²) in [5.74, 6) is 0. The molecule has 3 heteroatoms. The van der Waals surface area contributed by atoms with E-state index in [4.69, 9.17) is 4.99 Å². The van der Waals surface area contributed by atoms with Gasteiger partial charge in [0, 0.05) is 25.1 Å². The number of pyridine rings is 1. The molecule has 0 radical (unpaired) electrons. The zero-order chi connectivity index (χ0) is 31.6. The van der Waals surface area contributed by atoms with Crippen molar-refractivity contribution < 1.29 is 0 Å². The summed E-state index contributed by atoms with van der Waals surface area (Å²) in [7, 11) is 2.14. The molecule has 2 heterocycles. The molecule has 1 aliphatic heterocycles. The minimum Gasteiger partial charge on any atom is -0.349 e. The predicted molar refractivity (Wildman–Crippen MR) is 196 cm³/mol. The van der Waals surface area contributed by atoms with Crippen LogP contribution in [0.4, 0.5) is 0 Å². The molecule has 3 nitrogen and oxygen atoms in total. The van der Waals surface area contributed by atoms with E-state index in [1.165, 1.54) is 33.0 Å². The van der Waals surface area contributed by atoms with Crippen molar-refractivity contribution in [2.75, 3.05) is 7.05 Å². The van der Waals surface area contributed by atoms with Gasteiger partial charge in [-0.2, -0.15) is 0 Å². The van der Waals surface area contributed by atoms with Crippen molar-refractivity contribution in [3.05, 3.63) is 193 Å². The van der Waals surface area contributed by atoms with Gasteiger partial charge in [0.2, 0.25) is 0 Å². The van der Waals surface area contributed by atoms with E-state index in [1.54, 1.807) is 0 Å². The molecular weight excluding hydrogens is 571 g/mol. The maximum absolute atomic E-state index is 5.36. The van der Waals surface area contributed by atoms with Gasteiger partial charge >= 0.3 is 0 Å². The largest absolute Gasteiger partial charge is 0.349 e. The molecule has 1 unspecified atom stereocenters.